The number of thioether (sulfide) groups is 1. The van der Waals surface area contributed by atoms with Gasteiger partial charge in [0.2, 0.25) is 0 Å². The molecule has 0 radical (unpaired) electrons. The Kier molecular flexibility index (Phi) is 4.80. The summed E-state index contributed by atoms with van der Waals surface area (Å²) < 4.78 is 33.5. The second-order valence-corrected chi connectivity index (χ2v) is 6.06. The van der Waals surface area contributed by atoms with Gasteiger partial charge in [-0.25, -0.2) is 8.78 Å². The van der Waals surface area contributed by atoms with Crippen molar-refractivity contribution in [2.24, 2.45) is 7.05 Å². The summed E-state index contributed by atoms with van der Waals surface area (Å²) in [5.74, 6) is 1.16. The van der Waals surface area contributed by atoms with E-state index in [-0.39, 0.29) is 11.6 Å². The van der Waals surface area contributed by atoms with Crippen LogP contribution in [0.5, 0.6) is 5.75 Å². The third-order valence-electron chi connectivity index (χ3n) is 3.54. The zero-order valence-electron chi connectivity index (χ0n) is 13.2. The Morgan fingerprint density at radius 2 is 1.75 bits per heavy atom. The summed E-state index contributed by atoms with van der Waals surface area (Å²) in [7, 11) is 3.39. The van der Waals surface area contributed by atoms with Crippen LogP contribution in [-0.2, 0) is 12.8 Å². The molecule has 0 N–H and O–H groups in total. The van der Waals surface area contributed by atoms with Crippen molar-refractivity contribution >= 4 is 11.8 Å². The summed E-state index contributed by atoms with van der Waals surface area (Å²) in [6.45, 7) is 0. The third-order valence-corrected chi connectivity index (χ3v) is 4.61. The average molecular weight is 347 g/mol. The summed E-state index contributed by atoms with van der Waals surface area (Å²) in [5.41, 5.74) is 1.52. The molecule has 1 heterocycles. The van der Waals surface area contributed by atoms with E-state index in [2.05, 4.69) is 10.2 Å². The number of halogens is 2. The van der Waals surface area contributed by atoms with Crippen LogP contribution >= 0.6 is 11.8 Å². The van der Waals surface area contributed by atoms with Crippen LogP contribution in [0.15, 0.2) is 47.6 Å². The summed E-state index contributed by atoms with van der Waals surface area (Å²) in [6.07, 6.45) is 0. The number of nitrogens with zero attached hydrogens (tertiary/aromatic N) is 3. The highest BCUT2D eigenvalue weighted by Gasteiger charge is 2.13. The standard InChI is InChI=1S/C17H15F2N3OS/c1-22-16(11-3-5-13(18)6-4-11)20-21-17(22)24-10-12-9-14(19)7-8-15(12)23-2/h3-9H,10H2,1-2H3. The lowest BCUT2D eigenvalue weighted by Gasteiger charge is -2.08. The Hall–Kier alpha value is -2.41. The topological polar surface area (TPSA) is 39.9 Å². The maximum atomic E-state index is 13.4. The van der Waals surface area contributed by atoms with Crippen LogP contribution in [0.1, 0.15) is 5.56 Å². The largest absolute Gasteiger partial charge is 0.496 e. The molecule has 3 rings (SSSR count). The smallest absolute Gasteiger partial charge is 0.191 e. The molecule has 0 fully saturated rings. The zero-order valence-corrected chi connectivity index (χ0v) is 14.0. The van der Waals surface area contributed by atoms with Gasteiger partial charge in [-0.2, -0.15) is 0 Å². The number of methoxy groups -OCH3 is 1. The van der Waals surface area contributed by atoms with Gasteiger partial charge in [-0.05, 0) is 42.5 Å². The quantitative estimate of drug-likeness (QED) is 0.653. The fourth-order valence-corrected chi connectivity index (χ4v) is 3.18. The van der Waals surface area contributed by atoms with Crippen LogP contribution in [0.4, 0.5) is 8.78 Å². The molecule has 24 heavy (non-hydrogen) atoms. The summed E-state index contributed by atoms with van der Waals surface area (Å²) in [6, 6.07) is 10.5. The van der Waals surface area contributed by atoms with E-state index in [1.807, 2.05) is 11.6 Å². The molecule has 2 aromatic carbocycles. The Balaban J connectivity index is 1.80. The average Bonchev–Trinajstić information content (AvgIpc) is 2.95. The van der Waals surface area contributed by atoms with Crippen LogP contribution in [0.3, 0.4) is 0 Å². The first kappa shape index (κ1) is 16.4. The molecule has 0 saturated heterocycles. The second kappa shape index (κ2) is 7.00. The number of hydrogen-bond donors (Lipinski definition) is 0. The van der Waals surface area contributed by atoms with E-state index in [0.29, 0.717) is 22.5 Å². The molecule has 0 aliphatic rings. The van der Waals surface area contributed by atoms with E-state index >= 15 is 0 Å². The third kappa shape index (κ3) is 3.41. The van der Waals surface area contributed by atoms with Gasteiger partial charge < -0.3 is 9.30 Å². The van der Waals surface area contributed by atoms with E-state index in [1.54, 1.807) is 25.3 Å². The van der Waals surface area contributed by atoms with Crippen LogP contribution in [0, 0.1) is 11.6 Å². The minimum absolute atomic E-state index is 0.297. The lowest BCUT2D eigenvalue weighted by Crippen LogP contribution is -1.96. The van der Waals surface area contributed by atoms with E-state index in [4.69, 9.17) is 4.74 Å². The van der Waals surface area contributed by atoms with E-state index in [9.17, 15) is 8.78 Å². The molecule has 4 nitrogen and oxygen atoms in total. The zero-order chi connectivity index (χ0) is 17.1. The second-order valence-electron chi connectivity index (χ2n) is 5.12. The van der Waals surface area contributed by atoms with Crippen LogP contribution in [-0.4, -0.2) is 21.9 Å². The van der Waals surface area contributed by atoms with Crippen molar-refractivity contribution in [2.75, 3.05) is 7.11 Å². The van der Waals surface area contributed by atoms with Gasteiger partial charge in [-0.3, -0.25) is 0 Å². The van der Waals surface area contributed by atoms with Gasteiger partial charge in [0.1, 0.15) is 17.4 Å². The van der Waals surface area contributed by atoms with Gasteiger partial charge in [0, 0.05) is 23.9 Å². The molecule has 0 saturated carbocycles. The van der Waals surface area contributed by atoms with Crippen molar-refractivity contribution in [1.82, 2.24) is 14.8 Å². The fraction of sp³-hybridized carbons (Fsp3) is 0.176. The summed E-state index contributed by atoms with van der Waals surface area (Å²) in [4.78, 5) is 0. The van der Waals surface area contributed by atoms with Crippen molar-refractivity contribution in [1.29, 1.82) is 0 Å². The van der Waals surface area contributed by atoms with Crippen molar-refractivity contribution in [3.8, 4) is 17.1 Å². The molecule has 0 unspecified atom stereocenters. The molecule has 1 aromatic heterocycles. The number of benzene rings is 2. The van der Waals surface area contributed by atoms with Gasteiger partial charge in [0.05, 0.1) is 7.11 Å². The highest BCUT2D eigenvalue weighted by Crippen LogP contribution is 2.29. The predicted octanol–water partition coefficient (Wildman–Crippen LogP) is 4.06. The number of aromatic nitrogens is 3. The van der Waals surface area contributed by atoms with Crippen LogP contribution in [0.2, 0.25) is 0 Å². The summed E-state index contributed by atoms with van der Waals surface area (Å²) in [5, 5.41) is 8.99. The number of ether oxygens (including phenoxy) is 1. The minimum Gasteiger partial charge on any atom is -0.496 e. The van der Waals surface area contributed by atoms with Gasteiger partial charge in [0.15, 0.2) is 11.0 Å². The molecular formula is C17H15F2N3OS. The molecular weight excluding hydrogens is 332 g/mol. The van der Waals surface area contributed by atoms with Gasteiger partial charge in [-0.15, -0.1) is 10.2 Å². The summed E-state index contributed by atoms with van der Waals surface area (Å²) >= 11 is 1.43. The molecule has 7 heteroatoms. The van der Waals surface area contributed by atoms with Crippen LogP contribution in [0.25, 0.3) is 11.4 Å². The van der Waals surface area contributed by atoms with E-state index in [1.165, 1.54) is 36.0 Å². The first-order valence-electron chi connectivity index (χ1n) is 7.19. The predicted molar refractivity (Wildman–Crippen MR) is 88.9 cm³/mol. The van der Waals surface area contributed by atoms with Gasteiger partial charge >= 0.3 is 0 Å². The molecule has 0 bridgehead atoms. The Bertz CT molecular complexity index is 850. The molecule has 0 aliphatic heterocycles. The molecule has 0 atom stereocenters. The maximum absolute atomic E-state index is 13.4. The fourth-order valence-electron chi connectivity index (χ4n) is 2.29. The molecule has 124 valence electrons. The monoisotopic (exact) mass is 347 g/mol. The lowest BCUT2D eigenvalue weighted by atomic mass is 10.2. The van der Waals surface area contributed by atoms with Crippen molar-refractivity contribution in [3.05, 3.63) is 59.7 Å². The van der Waals surface area contributed by atoms with Crippen molar-refractivity contribution in [2.45, 2.75) is 10.9 Å². The Labute approximate surface area is 142 Å². The Morgan fingerprint density at radius 3 is 2.46 bits per heavy atom. The van der Waals surface area contributed by atoms with Crippen LogP contribution < -0.4 is 4.74 Å². The van der Waals surface area contributed by atoms with Crippen molar-refractivity contribution < 1.29 is 13.5 Å². The van der Waals surface area contributed by atoms with Gasteiger partial charge in [-0.1, -0.05) is 11.8 Å². The molecule has 0 spiro atoms. The molecule has 3 aromatic rings. The van der Waals surface area contributed by atoms with Crippen molar-refractivity contribution in [3.63, 3.8) is 0 Å². The highest BCUT2D eigenvalue weighted by atomic mass is 32.2. The SMILES string of the molecule is COc1ccc(F)cc1CSc1nnc(-c2ccc(F)cc2)n1C. The molecule has 0 aliphatic carbocycles. The lowest BCUT2D eigenvalue weighted by molar-refractivity contribution is 0.410. The minimum atomic E-state index is -0.309. The van der Waals surface area contributed by atoms with E-state index in [0.717, 1.165) is 11.1 Å². The Morgan fingerprint density at radius 1 is 1.04 bits per heavy atom. The normalized spacial score (nSPS) is 10.8. The first-order chi connectivity index (χ1) is 11.6. The maximum Gasteiger partial charge on any atom is 0.191 e. The number of hydrogen-bond acceptors (Lipinski definition) is 4. The first-order valence-corrected chi connectivity index (χ1v) is 8.17. The highest BCUT2D eigenvalue weighted by molar-refractivity contribution is 7.98. The van der Waals surface area contributed by atoms with Gasteiger partial charge in [0.25, 0.3) is 0 Å². The molecule has 0 amide bonds. The van der Waals surface area contributed by atoms with E-state index < -0.39 is 0 Å². The number of rotatable bonds is 5.